The number of nitrogens with zero attached hydrogens (tertiary/aromatic N) is 3. The molecule has 4 aromatic rings. The number of methoxy groups -OCH3 is 1. The van der Waals surface area contributed by atoms with Gasteiger partial charge in [-0.15, -0.1) is 0 Å². The first kappa shape index (κ1) is 26.0. The molecule has 1 aromatic heterocycles. The summed E-state index contributed by atoms with van der Waals surface area (Å²) in [5, 5.41) is 15.7. The van der Waals surface area contributed by atoms with Crippen LogP contribution < -0.4 is 9.47 Å². The van der Waals surface area contributed by atoms with Crippen LogP contribution in [0.4, 0.5) is 0 Å². The minimum atomic E-state index is -0.595. The van der Waals surface area contributed by atoms with E-state index in [1.165, 1.54) is 0 Å². The summed E-state index contributed by atoms with van der Waals surface area (Å²) in [7, 11) is 1.64. The molecule has 0 spiro atoms. The summed E-state index contributed by atoms with van der Waals surface area (Å²) < 4.78 is 19.7. The quantitative estimate of drug-likeness (QED) is 0.254. The van der Waals surface area contributed by atoms with Gasteiger partial charge in [-0.3, -0.25) is 4.90 Å². The number of ether oxygens (including phenoxy) is 3. The summed E-state index contributed by atoms with van der Waals surface area (Å²) in [4.78, 5) is 2.32. The van der Waals surface area contributed by atoms with Crippen molar-refractivity contribution in [2.45, 2.75) is 45.1 Å². The van der Waals surface area contributed by atoms with Gasteiger partial charge in [0.15, 0.2) is 11.5 Å². The Morgan fingerprint density at radius 1 is 0.947 bits per heavy atom. The summed E-state index contributed by atoms with van der Waals surface area (Å²) in [6, 6.07) is 28.1. The number of aliphatic hydroxyl groups is 1. The van der Waals surface area contributed by atoms with E-state index in [0.717, 1.165) is 35.3 Å². The van der Waals surface area contributed by atoms with Crippen LogP contribution in [0, 0.1) is 6.92 Å². The van der Waals surface area contributed by atoms with E-state index in [4.69, 9.17) is 19.3 Å². The van der Waals surface area contributed by atoms with Gasteiger partial charge in [0.05, 0.1) is 43.4 Å². The summed E-state index contributed by atoms with van der Waals surface area (Å²) in [6.45, 7) is 3.91. The molecule has 1 saturated carbocycles. The number of hydrogen-bond acceptors (Lipinski definition) is 6. The van der Waals surface area contributed by atoms with E-state index in [9.17, 15) is 5.11 Å². The Kier molecular flexibility index (Phi) is 8.38. The highest BCUT2D eigenvalue weighted by atomic mass is 16.5. The molecule has 1 fully saturated rings. The molecule has 1 N–H and O–H groups in total. The van der Waals surface area contributed by atoms with Gasteiger partial charge in [0.2, 0.25) is 5.88 Å². The zero-order valence-electron chi connectivity index (χ0n) is 22.0. The largest absolute Gasteiger partial charge is 0.493 e. The van der Waals surface area contributed by atoms with Gasteiger partial charge in [-0.2, -0.15) is 5.10 Å². The number of benzene rings is 3. The zero-order chi connectivity index (χ0) is 26.3. The summed E-state index contributed by atoms with van der Waals surface area (Å²) >= 11 is 0. The average Bonchev–Trinajstić information content (AvgIpc) is 3.75. The molecule has 0 aliphatic heterocycles. The highest BCUT2D eigenvalue weighted by Crippen LogP contribution is 2.37. The second kappa shape index (κ2) is 12.3. The van der Waals surface area contributed by atoms with Crippen molar-refractivity contribution in [1.29, 1.82) is 0 Å². The molecular formula is C31H35N3O4. The molecule has 0 bridgehead atoms. The molecule has 5 rings (SSSR count). The van der Waals surface area contributed by atoms with Crippen molar-refractivity contribution in [1.82, 2.24) is 14.7 Å². The maximum absolute atomic E-state index is 10.8. The maximum Gasteiger partial charge on any atom is 0.227 e. The summed E-state index contributed by atoms with van der Waals surface area (Å²) in [5.74, 6) is 1.93. The Morgan fingerprint density at radius 2 is 1.61 bits per heavy atom. The van der Waals surface area contributed by atoms with Crippen molar-refractivity contribution in [3.63, 3.8) is 0 Å². The van der Waals surface area contributed by atoms with Gasteiger partial charge in [0.1, 0.15) is 0 Å². The van der Waals surface area contributed by atoms with Crippen molar-refractivity contribution < 1.29 is 19.3 Å². The van der Waals surface area contributed by atoms with Crippen molar-refractivity contribution in [2.24, 2.45) is 0 Å². The summed E-state index contributed by atoms with van der Waals surface area (Å²) in [5.41, 5.74) is 3.89. The van der Waals surface area contributed by atoms with Crippen LogP contribution in [-0.2, 0) is 17.9 Å². The van der Waals surface area contributed by atoms with E-state index in [1.807, 2.05) is 96.5 Å². The molecule has 3 aromatic carbocycles. The third-order valence-electron chi connectivity index (χ3n) is 6.71. The molecule has 0 unspecified atom stereocenters. The first-order valence-electron chi connectivity index (χ1n) is 13.1. The van der Waals surface area contributed by atoms with Gasteiger partial charge >= 0.3 is 0 Å². The molecule has 198 valence electrons. The van der Waals surface area contributed by atoms with Crippen LogP contribution in [0.5, 0.6) is 17.4 Å². The van der Waals surface area contributed by atoms with E-state index < -0.39 is 6.10 Å². The molecule has 0 saturated heterocycles. The normalized spacial score (nSPS) is 14.0. The Hall–Kier alpha value is -3.65. The molecule has 1 aliphatic rings. The van der Waals surface area contributed by atoms with Crippen LogP contribution in [0.2, 0.25) is 0 Å². The SMILES string of the molecule is COc1ccccc1Oc1c(CN(C[C@@H](O)COCc2ccccc2)C2CC2)c(C)nn1-c1ccccc1. The number of hydrogen-bond donors (Lipinski definition) is 1. The topological polar surface area (TPSA) is 69.0 Å². The van der Waals surface area contributed by atoms with E-state index in [-0.39, 0.29) is 6.61 Å². The fourth-order valence-electron chi connectivity index (χ4n) is 4.57. The molecular weight excluding hydrogens is 478 g/mol. The Balaban J connectivity index is 1.36. The highest BCUT2D eigenvalue weighted by Gasteiger charge is 2.33. The monoisotopic (exact) mass is 513 g/mol. The number of aliphatic hydroxyl groups excluding tert-OH is 1. The van der Waals surface area contributed by atoms with Crippen LogP contribution in [0.25, 0.3) is 5.69 Å². The lowest BCUT2D eigenvalue weighted by molar-refractivity contribution is 0.00693. The fourth-order valence-corrected chi connectivity index (χ4v) is 4.57. The first-order chi connectivity index (χ1) is 18.6. The van der Waals surface area contributed by atoms with Crippen molar-refractivity contribution in [3.05, 3.63) is 102 Å². The van der Waals surface area contributed by atoms with Crippen molar-refractivity contribution >= 4 is 0 Å². The van der Waals surface area contributed by atoms with Crippen LogP contribution in [-0.4, -0.2) is 52.2 Å². The molecule has 1 aliphatic carbocycles. The molecule has 0 amide bonds. The Morgan fingerprint density at radius 3 is 2.29 bits per heavy atom. The van der Waals surface area contributed by atoms with Gasteiger partial charge in [-0.25, -0.2) is 4.68 Å². The van der Waals surface area contributed by atoms with Crippen LogP contribution in [0.3, 0.4) is 0 Å². The average molecular weight is 514 g/mol. The molecule has 1 atom stereocenters. The first-order valence-corrected chi connectivity index (χ1v) is 13.1. The molecule has 0 radical (unpaired) electrons. The van der Waals surface area contributed by atoms with Crippen LogP contribution in [0.1, 0.15) is 29.7 Å². The van der Waals surface area contributed by atoms with E-state index >= 15 is 0 Å². The van der Waals surface area contributed by atoms with Gasteiger partial charge in [0.25, 0.3) is 0 Å². The summed E-state index contributed by atoms with van der Waals surface area (Å²) in [6.07, 6.45) is 1.64. The lowest BCUT2D eigenvalue weighted by Crippen LogP contribution is -2.36. The van der Waals surface area contributed by atoms with Crippen molar-refractivity contribution in [2.75, 3.05) is 20.3 Å². The van der Waals surface area contributed by atoms with Gasteiger partial charge < -0.3 is 19.3 Å². The predicted octanol–water partition coefficient (Wildman–Crippen LogP) is 5.52. The fraction of sp³-hybridized carbons (Fsp3) is 0.323. The number of aryl methyl sites for hydroxylation is 1. The van der Waals surface area contributed by atoms with Gasteiger partial charge in [-0.05, 0) is 49.6 Å². The maximum atomic E-state index is 10.8. The van der Waals surface area contributed by atoms with E-state index in [1.54, 1.807) is 7.11 Å². The minimum absolute atomic E-state index is 0.283. The predicted molar refractivity (Wildman–Crippen MR) is 147 cm³/mol. The molecule has 7 heteroatoms. The number of para-hydroxylation sites is 3. The molecule has 7 nitrogen and oxygen atoms in total. The Labute approximate surface area is 224 Å². The minimum Gasteiger partial charge on any atom is -0.493 e. The molecule has 38 heavy (non-hydrogen) atoms. The third kappa shape index (κ3) is 6.42. The lowest BCUT2D eigenvalue weighted by Gasteiger charge is -2.25. The second-order valence-electron chi connectivity index (χ2n) is 9.68. The number of rotatable bonds is 13. The zero-order valence-corrected chi connectivity index (χ0v) is 22.0. The lowest BCUT2D eigenvalue weighted by atomic mass is 10.2. The smallest absolute Gasteiger partial charge is 0.227 e. The molecule has 1 heterocycles. The number of aromatic nitrogens is 2. The second-order valence-corrected chi connectivity index (χ2v) is 9.68. The Bertz CT molecular complexity index is 1310. The van der Waals surface area contributed by atoms with Crippen LogP contribution >= 0.6 is 0 Å². The van der Waals surface area contributed by atoms with Crippen molar-refractivity contribution in [3.8, 4) is 23.1 Å². The van der Waals surface area contributed by atoms with E-state index in [0.29, 0.717) is 43.1 Å². The highest BCUT2D eigenvalue weighted by molar-refractivity contribution is 5.47. The standard InChI is InChI=1S/C31H35N3O4/c1-23-28(20-33(25-17-18-25)19-27(35)22-37-21-24-11-5-3-6-12-24)31(34(32-23)26-13-7-4-8-14-26)38-30-16-10-9-15-29(30)36-2/h3-16,25,27,35H,17-22H2,1-2H3/t27-/m1/s1. The van der Waals surface area contributed by atoms with E-state index in [2.05, 4.69) is 4.90 Å². The van der Waals surface area contributed by atoms with Gasteiger partial charge in [-0.1, -0.05) is 60.7 Å². The van der Waals surface area contributed by atoms with Gasteiger partial charge in [0, 0.05) is 19.1 Å². The van der Waals surface area contributed by atoms with Crippen LogP contribution in [0.15, 0.2) is 84.9 Å². The third-order valence-corrected chi connectivity index (χ3v) is 6.71.